The molecule has 0 bridgehead atoms. The summed E-state index contributed by atoms with van der Waals surface area (Å²) in [7, 11) is 0. The van der Waals surface area contributed by atoms with Crippen LogP contribution >= 0.6 is 0 Å². The quantitative estimate of drug-likeness (QED) is 0.867. The summed E-state index contributed by atoms with van der Waals surface area (Å²) in [5, 5.41) is 8.95. The molecule has 1 N–H and O–H groups in total. The standard InChI is InChI=1S/C16H20O2/c17-16(18)10-11-5-6-13-8-7-12-3-1-2-4-14(12)15(13)9-11/h7-8,11H,1-6,9-10H2,(H,17,18). The lowest BCUT2D eigenvalue weighted by molar-refractivity contribution is -0.138. The average Bonchev–Trinajstić information content (AvgIpc) is 2.38. The van der Waals surface area contributed by atoms with Crippen molar-refractivity contribution in [3.8, 4) is 0 Å². The van der Waals surface area contributed by atoms with Gasteiger partial charge in [-0.2, -0.15) is 0 Å². The van der Waals surface area contributed by atoms with Gasteiger partial charge in [0.1, 0.15) is 0 Å². The fourth-order valence-corrected chi connectivity index (χ4v) is 3.61. The number of carboxylic acids is 1. The zero-order valence-corrected chi connectivity index (χ0v) is 10.7. The van der Waals surface area contributed by atoms with E-state index in [9.17, 15) is 4.79 Å². The number of hydrogen-bond acceptors (Lipinski definition) is 1. The number of rotatable bonds is 2. The lowest BCUT2D eigenvalue weighted by Gasteiger charge is -2.29. The summed E-state index contributed by atoms with van der Waals surface area (Å²) < 4.78 is 0. The Labute approximate surface area is 108 Å². The van der Waals surface area contributed by atoms with Gasteiger partial charge in [0.05, 0.1) is 0 Å². The van der Waals surface area contributed by atoms with Crippen LogP contribution in [0.1, 0.15) is 47.9 Å². The number of fused-ring (bicyclic) bond motifs is 3. The second-order valence-corrected chi connectivity index (χ2v) is 5.75. The van der Waals surface area contributed by atoms with Gasteiger partial charge in [-0.25, -0.2) is 0 Å². The van der Waals surface area contributed by atoms with Crippen LogP contribution < -0.4 is 0 Å². The van der Waals surface area contributed by atoms with Crippen molar-refractivity contribution >= 4 is 5.97 Å². The summed E-state index contributed by atoms with van der Waals surface area (Å²) in [5.41, 5.74) is 6.08. The number of carbonyl (C=O) groups is 1. The Morgan fingerprint density at radius 1 is 1.11 bits per heavy atom. The van der Waals surface area contributed by atoms with Crippen LogP contribution in [0.15, 0.2) is 12.1 Å². The average molecular weight is 244 g/mol. The van der Waals surface area contributed by atoms with Gasteiger partial charge in [-0.05, 0) is 73.1 Å². The lowest BCUT2D eigenvalue weighted by atomic mass is 9.76. The molecule has 1 unspecified atom stereocenters. The first kappa shape index (κ1) is 11.8. The van der Waals surface area contributed by atoms with E-state index in [1.54, 1.807) is 5.56 Å². The molecule has 0 saturated carbocycles. The molecule has 2 aliphatic carbocycles. The highest BCUT2D eigenvalue weighted by molar-refractivity contribution is 5.67. The smallest absolute Gasteiger partial charge is 0.303 e. The van der Waals surface area contributed by atoms with Gasteiger partial charge in [0.15, 0.2) is 0 Å². The van der Waals surface area contributed by atoms with E-state index in [0.29, 0.717) is 12.3 Å². The number of carboxylic acid groups (broad SMARTS) is 1. The third-order valence-corrected chi connectivity index (χ3v) is 4.53. The molecule has 2 aliphatic rings. The second kappa shape index (κ2) is 4.75. The monoisotopic (exact) mass is 244 g/mol. The molecular weight excluding hydrogens is 224 g/mol. The fourth-order valence-electron chi connectivity index (χ4n) is 3.61. The minimum Gasteiger partial charge on any atom is -0.481 e. The highest BCUT2D eigenvalue weighted by Crippen LogP contribution is 2.34. The summed E-state index contributed by atoms with van der Waals surface area (Å²) in [6, 6.07) is 4.60. The van der Waals surface area contributed by atoms with E-state index in [2.05, 4.69) is 12.1 Å². The van der Waals surface area contributed by atoms with Gasteiger partial charge in [-0.1, -0.05) is 12.1 Å². The maximum Gasteiger partial charge on any atom is 0.303 e. The SMILES string of the molecule is O=C(O)CC1CCc2ccc3c(c2C1)CCCC3. The third kappa shape index (κ3) is 2.16. The maximum atomic E-state index is 10.9. The Balaban J connectivity index is 1.90. The summed E-state index contributed by atoms with van der Waals surface area (Å²) in [5.74, 6) is -0.295. The van der Waals surface area contributed by atoms with E-state index in [0.717, 1.165) is 19.3 Å². The van der Waals surface area contributed by atoms with Crippen LogP contribution in [0.5, 0.6) is 0 Å². The Kier molecular flexibility index (Phi) is 3.11. The molecule has 0 aromatic heterocycles. The first-order valence-electron chi connectivity index (χ1n) is 7.08. The molecule has 0 radical (unpaired) electrons. The molecule has 0 spiro atoms. The van der Waals surface area contributed by atoms with E-state index in [4.69, 9.17) is 5.11 Å². The predicted octanol–water partition coefficient (Wildman–Crippen LogP) is 3.15. The molecular formula is C16H20O2. The molecule has 0 saturated heterocycles. The molecule has 2 nitrogen and oxygen atoms in total. The van der Waals surface area contributed by atoms with Crippen LogP contribution in [0.2, 0.25) is 0 Å². The first-order valence-corrected chi connectivity index (χ1v) is 7.08. The molecule has 1 aromatic rings. The van der Waals surface area contributed by atoms with Crippen LogP contribution in [0.3, 0.4) is 0 Å². The molecule has 0 aliphatic heterocycles. The minimum atomic E-state index is -0.645. The normalized spacial score (nSPS) is 22.1. The number of benzene rings is 1. The Morgan fingerprint density at radius 2 is 1.83 bits per heavy atom. The van der Waals surface area contributed by atoms with Crippen molar-refractivity contribution in [3.05, 3.63) is 34.4 Å². The van der Waals surface area contributed by atoms with Gasteiger partial charge < -0.3 is 5.11 Å². The third-order valence-electron chi connectivity index (χ3n) is 4.53. The van der Waals surface area contributed by atoms with Crippen molar-refractivity contribution in [2.24, 2.45) is 5.92 Å². The van der Waals surface area contributed by atoms with Crippen molar-refractivity contribution in [1.29, 1.82) is 0 Å². The summed E-state index contributed by atoms with van der Waals surface area (Å²) in [4.78, 5) is 10.9. The van der Waals surface area contributed by atoms with Crippen LogP contribution in [-0.2, 0) is 30.5 Å². The highest BCUT2D eigenvalue weighted by Gasteiger charge is 2.24. The fraction of sp³-hybridized carbons (Fsp3) is 0.562. The summed E-state index contributed by atoms with van der Waals surface area (Å²) in [6.45, 7) is 0. The van der Waals surface area contributed by atoms with Crippen LogP contribution in [0, 0.1) is 5.92 Å². The van der Waals surface area contributed by atoms with Gasteiger partial charge in [0, 0.05) is 6.42 Å². The van der Waals surface area contributed by atoms with Crippen LogP contribution in [-0.4, -0.2) is 11.1 Å². The van der Waals surface area contributed by atoms with Crippen molar-refractivity contribution in [2.45, 2.75) is 51.4 Å². The van der Waals surface area contributed by atoms with E-state index in [-0.39, 0.29) is 0 Å². The van der Waals surface area contributed by atoms with Crippen molar-refractivity contribution < 1.29 is 9.90 Å². The largest absolute Gasteiger partial charge is 0.481 e. The predicted molar refractivity (Wildman–Crippen MR) is 70.9 cm³/mol. The molecule has 18 heavy (non-hydrogen) atoms. The van der Waals surface area contributed by atoms with Crippen LogP contribution in [0.25, 0.3) is 0 Å². The molecule has 2 heteroatoms. The summed E-state index contributed by atoms with van der Waals surface area (Å²) >= 11 is 0. The molecule has 0 heterocycles. The molecule has 1 atom stereocenters. The molecule has 96 valence electrons. The Hall–Kier alpha value is -1.31. The van der Waals surface area contributed by atoms with E-state index < -0.39 is 5.97 Å². The number of aryl methyl sites for hydroxylation is 2. The molecule has 3 rings (SSSR count). The lowest BCUT2D eigenvalue weighted by Crippen LogP contribution is -2.20. The van der Waals surface area contributed by atoms with Gasteiger partial charge in [-0.3, -0.25) is 4.79 Å². The van der Waals surface area contributed by atoms with Gasteiger partial charge >= 0.3 is 5.97 Å². The Morgan fingerprint density at radius 3 is 2.61 bits per heavy atom. The van der Waals surface area contributed by atoms with Gasteiger partial charge in [0.2, 0.25) is 0 Å². The van der Waals surface area contributed by atoms with E-state index >= 15 is 0 Å². The minimum absolute atomic E-state index is 0.336. The van der Waals surface area contributed by atoms with Crippen molar-refractivity contribution in [3.63, 3.8) is 0 Å². The Bertz CT molecular complexity index is 476. The van der Waals surface area contributed by atoms with E-state index in [1.165, 1.54) is 42.4 Å². The second-order valence-electron chi connectivity index (χ2n) is 5.75. The number of aliphatic carboxylic acids is 1. The van der Waals surface area contributed by atoms with E-state index in [1.807, 2.05) is 0 Å². The molecule has 1 aromatic carbocycles. The highest BCUT2D eigenvalue weighted by atomic mass is 16.4. The topological polar surface area (TPSA) is 37.3 Å². The zero-order valence-electron chi connectivity index (χ0n) is 10.7. The zero-order chi connectivity index (χ0) is 12.5. The molecule has 0 amide bonds. The van der Waals surface area contributed by atoms with Crippen molar-refractivity contribution in [2.75, 3.05) is 0 Å². The summed E-state index contributed by atoms with van der Waals surface area (Å²) in [6.07, 6.45) is 8.47. The first-order chi connectivity index (χ1) is 8.74. The molecule has 0 fully saturated rings. The number of hydrogen-bond donors (Lipinski definition) is 1. The van der Waals surface area contributed by atoms with Crippen LogP contribution in [0.4, 0.5) is 0 Å². The van der Waals surface area contributed by atoms with Crippen molar-refractivity contribution in [1.82, 2.24) is 0 Å². The van der Waals surface area contributed by atoms with Gasteiger partial charge in [0.25, 0.3) is 0 Å². The maximum absolute atomic E-state index is 10.9. The van der Waals surface area contributed by atoms with Gasteiger partial charge in [-0.15, -0.1) is 0 Å².